The van der Waals surface area contributed by atoms with Crippen LogP contribution in [0.25, 0.3) is 0 Å². The number of benzene rings is 3. The fraction of sp³-hybridized carbons (Fsp3) is 0.308. The molecule has 7 nitrogen and oxygen atoms in total. The minimum Gasteiger partial charge on any atom is -0.496 e. The summed E-state index contributed by atoms with van der Waals surface area (Å²) in [5.41, 5.74) is 2.89. The maximum Gasteiger partial charge on any atom is 0.218 e. The van der Waals surface area contributed by atoms with Gasteiger partial charge < -0.3 is 9.47 Å². The van der Waals surface area contributed by atoms with Gasteiger partial charge >= 0.3 is 0 Å². The molecular formula is C26H30N2O5S. The van der Waals surface area contributed by atoms with Gasteiger partial charge in [0.05, 0.1) is 19.8 Å². The van der Waals surface area contributed by atoms with E-state index in [1.54, 1.807) is 19.2 Å². The Morgan fingerprint density at radius 2 is 1.71 bits per heavy atom. The number of rotatable bonds is 10. The maximum atomic E-state index is 13.2. The molecule has 0 bridgehead atoms. The Kier molecular flexibility index (Phi) is 7.84. The van der Waals surface area contributed by atoms with Gasteiger partial charge in [0.15, 0.2) is 0 Å². The standard InChI is InChI=1S/C26H30N2O5S/c1-28-26(22-12-14-23(15-13-22)32-18-20-8-4-3-5-9-20)25(19-33-28)34(29,30)27-17-16-21-10-6-7-11-24(21)31-2/h3-15,25-27H,16-19H2,1-2H3. The first kappa shape index (κ1) is 24.2. The minimum absolute atomic E-state index is 0.0947. The quantitative estimate of drug-likeness (QED) is 0.475. The second-order valence-electron chi connectivity index (χ2n) is 8.17. The highest BCUT2D eigenvalue weighted by molar-refractivity contribution is 7.90. The molecule has 0 spiro atoms. The van der Waals surface area contributed by atoms with Crippen LogP contribution in [0.3, 0.4) is 0 Å². The van der Waals surface area contributed by atoms with Crippen molar-refractivity contribution in [3.8, 4) is 11.5 Å². The summed E-state index contributed by atoms with van der Waals surface area (Å²) in [6.07, 6.45) is 0.533. The molecule has 4 rings (SSSR count). The third-order valence-electron chi connectivity index (χ3n) is 5.94. The largest absolute Gasteiger partial charge is 0.496 e. The molecule has 1 aliphatic rings. The molecule has 0 amide bonds. The van der Waals surface area contributed by atoms with Gasteiger partial charge in [-0.2, -0.15) is 5.06 Å². The summed E-state index contributed by atoms with van der Waals surface area (Å²) in [7, 11) is -0.258. The Morgan fingerprint density at radius 1 is 1.00 bits per heavy atom. The first-order chi connectivity index (χ1) is 16.5. The normalized spacial score (nSPS) is 18.6. The fourth-order valence-electron chi connectivity index (χ4n) is 4.13. The molecule has 2 atom stereocenters. The fourth-order valence-corrected chi connectivity index (χ4v) is 5.64. The van der Waals surface area contributed by atoms with Gasteiger partial charge in [0.2, 0.25) is 10.0 Å². The van der Waals surface area contributed by atoms with E-state index in [1.165, 1.54) is 0 Å². The van der Waals surface area contributed by atoms with E-state index in [1.807, 2.05) is 78.9 Å². The summed E-state index contributed by atoms with van der Waals surface area (Å²) >= 11 is 0. The van der Waals surface area contributed by atoms with Crippen LogP contribution < -0.4 is 14.2 Å². The van der Waals surface area contributed by atoms with Gasteiger partial charge in [0.25, 0.3) is 0 Å². The predicted molar refractivity (Wildman–Crippen MR) is 131 cm³/mol. The number of hydroxylamine groups is 2. The Morgan fingerprint density at radius 3 is 2.44 bits per heavy atom. The molecule has 1 saturated heterocycles. The van der Waals surface area contributed by atoms with Gasteiger partial charge in [-0.1, -0.05) is 60.7 Å². The summed E-state index contributed by atoms with van der Waals surface area (Å²) in [5.74, 6) is 1.47. The van der Waals surface area contributed by atoms with E-state index >= 15 is 0 Å². The van der Waals surface area contributed by atoms with Gasteiger partial charge in [0.1, 0.15) is 23.4 Å². The zero-order valence-corrected chi connectivity index (χ0v) is 20.2. The molecule has 1 aliphatic heterocycles. The number of hydrogen-bond donors (Lipinski definition) is 1. The second kappa shape index (κ2) is 11.0. The molecular weight excluding hydrogens is 452 g/mol. The van der Waals surface area contributed by atoms with Crippen molar-refractivity contribution >= 4 is 10.0 Å². The second-order valence-corrected chi connectivity index (χ2v) is 10.2. The number of para-hydroxylation sites is 1. The van der Waals surface area contributed by atoms with Crippen LogP contribution in [-0.4, -0.2) is 46.0 Å². The number of nitrogens with zero attached hydrogens (tertiary/aromatic N) is 1. The van der Waals surface area contributed by atoms with Crippen molar-refractivity contribution in [3.05, 3.63) is 95.6 Å². The monoisotopic (exact) mass is 482 g/mol. The van der Waals surface area contributed by atoms with Crippen LogP contribution in [-0.2, 0) is 27.9 Å². The average Bonchev–Trinajstić information content (AvgIpc) is 3.26. The van der Waals surface area contributed by atoms with Crippen molar-refractivity contribution in [1.82, 2.24) is 9.79 Å². The Hall–Kier alpha value is -2.91. The molecule has 0 saturated carbocycles. The van der Waals surface area contributed by atoms with Gasteiger partial charge in [-0.15, -0.1) is 0 Å². The zero-order chi connectivity index (χ0) is 24.0. The van der Waals surface area contributed by atoms with Gasteiger partial charge in [-0.25, -0.2) is 13.1 Å². The average molecular weight is 483 g/mol. The van der Waals surface area contributed by atoms with Crippen molar-refractivity contribution in [1.29, 1.82) is 0 Å². The molecule has 1 N–H and O–H groups in total. The third-order valence-corrected chi connectivity index (χ3v) is 7.74. The summed E-state index contributed by atoms with van der Waals surface area (Å²) < 4.78 is 40.3. The SMILES string of the molecule is COc1ccccc1CCNS(=O)(=O)C1CON(C)C1c1ccc(OCc2ccccc2)cc1. The van der Waals surface area contributed by atoms with Crippen molar-refractivity contribution in [2.45, 2.75) is 24.3 Å². The van der Waals surface area contributed by atoms with Crippen molar-refractivity contribution in [3.63, 3.8) is 0 Å². The first-order valence-electron chi connectivity index (χ1n) is 11.2. The lowest BCUT2D eigenvalue weighted by molar-refractivity contribution is -0.110. The van der Waals surface area contributed by atoms with E-state index in [2.05, 4.69) is 4.72 Å². The highest BCUT2D eigenvalue weighted by atomic mass is 32.2. The number of methoxy groups -OCH3 is 1. The topological polar surface area (TPSA) is 77.1 Å². The van der Waals surface area contributed by atoms with Crippen LogP contribution in [0.1, 0.15) is 22.7 Å². The lowest BCUT2D eigenvalue weighted by Gasteiger charge is -2.23. The van der Waals surface area contributed by atoms with Crippen molar-refractivity contribution in [2.24, 2.45) is 0 Å². The Bertz CT molecular complexity index is 1170. The van der Waals surface area contributed by atoms with Crippen LogP contribution in [0.5, 0.6) is 11.5 Å². The van der Waals surface area contributed by atoms with E-state index < -0.39 is 21.3 Å². The van der Waals surface area contributed by atoms with Crippen LogP contribution in [0.15, 0.2) is 78.9 Å². The van der Waals surface area contributed by atoms with Gasteiger partial charge in [0, 0.05) is 13.6 Å². The predicted octanol–water partition coefficient (Wildman–Crippen LogP) is 3.72. The highest BCUT2D eigenvalue weighted by Crippen LogP contribution is 2.34. The summed E-state index contributed by atoms with van der Waals surface area (Å²) in [4.78, 5) is 5.62. The third kappa shape index (κ3) is 5.77. The number of ether oxygens (including phenoxy) is 2. The van der Waals surface area contributed by atoms with E-state index in [-0.39, 0.29) is 13.2 Å². The van der Waals surface area contributed by atoms with E-state index in [0.717, 1.165) is 28.2 Å². The molecule has 2 unspecified atom stereocenters. The van der Waals surface area contributed by atoms with Crippen molar-refractivity contribution in [2.75, 3.05) is 27.3 Å². The summed E-state index contributed by atoms with van der Waals surface area (Å²) in [6, 6.07) is 24.6. The molecule has 3 aromatic carbocycles. The molecule has 0 aliphatic carbocycles. The van der Waals surface area contributed by atoms with Crippen molar-refractivity contribution < 1.29 is 22.7 Å². The zero-order valence-electron chi connectivity index (χ0n) is 19.4. The summed E-state index contributed by atoms with van der Waals surface area (Å²) in [5, 5.41) is 0.885. The first-order valence-corrected chi connectivity index (χ1v) is 12.8. The van der Waals surface area contributed by atoms with Crippen LogP contribution in [0.2, 0.25) is 0 Å². The molecule has 0 radical (unpaired) electrons. The molecule has 1 fully saturated rings. The van der Waals surface area contributed by atoms with Gasteiger partial charge in [-0.3, -0.25) is 4.84 Å². The summed E-state index contributed by atoms with van der Waals surface area (Å²) in [6.45, 7) is 0.846. The lowest BCUT2D eigenvalue weighted by atomic mass is 10.0. The minimum atomic E-state index is -3.63. The van der Waals surface area contributed by atoms with Crippen LogP contribution >= 0.6 is 0 Å². The van der Waals surface area contributed by atoms with E-state index in [9.17, 15) is 8.42 Å². The number of sulfonamides is 1. The number of hydrogen-bond acceptors (Lipinski definition) is 6. The van der Waals surface area contributed by atoms with Crippen LogP contribution in [0.4, 0.5) is 0 Å². The smallest absolute Gasteiger partial charge is 0.218 e. The molecule has 34 heavy (non-hydrogen) atoms. The number of nitrogens with one attached hydrogen (secondary N) is 1. The van der Waals surface area contributed by atoms with Gasteiger partial charge in [-0.05, 0) is 41.3 Å². The molecule has 3 aromatic rings. The Labute approximate surface area is 201 Å². The lowest BCUT2D eigenvalue weighted by Crippen LogP contribution is -2.40. The molecule has 8 heteroatoms. The Balaban J connectivity index is 1.40. The maximum absolute atomic E-state index is 13.2. The molecule has 1 heterocycles. The van der Waals surface area contributed by atoms with E-state index in [4.69, 9.17) is 14.3 Å². The molecule has 180 valence electrons. The van der Waals surface area contributed by atoms with Crippen LogP contribution in [0, 0.1) is 0 Å². The highest BCUT2D eigenvalue weighted by Gasteiger charge is 2.43. The molecule has 0 aromatic heterocycles. The van der Waals surface area contributed by atoms with E-state index in [0.29, 0.717) is 13.0 Å².